The van der Waals surface area contributed by atoms with Crippen molar-refractivity contribution >= 4 is 19.4 Å². The third kappa shape index (κ3) is 3.73. The molecule has 0 bridgehead atoms. The fourth-order valence-electron chi connectivity index (χ4n) is 3.28. The molecule has 0 fully saturated rings. The summed E-state index contributed by atoms with van der Waals surface area (Å²) in [5.74, 6) is 0.540. The summed E-state index contributed by atoms with van der Waals surface area (Å²) in [7, 11) is 2.10. The third-order valence-electron chi connectivity index (χ3n) is 4.56. The number of allylic oxidation sites excluding steroid dienone is 1. The van der Waals surface area contributed by atoms with Crippen molar-refractivity contribution in [3.8, 4) is 11.4 Å². The Bertz CT molecular complexity index is 899. The first kappa shape index (κ1) is 17.2. The standard InChI is InChI=1S/C21H22BFN2/c1-3-5-15-12-17(22)13-16(14(15)2)8-9-18-19(6-4-7-20(18)23)21-24-10-11-25-21/h3-7,10-13H,8-9,22H2,1-2H3,(H,24,25)/b5-3-. The van der Waals surface area contributed by atoms with Crippen LogP contribution in [0.15, 0.2) is 48.8 Å². The van der Waals surface area contributed by atoms with Gasteiger partial charge < -0.3 is 4.98 Å². The summed E-state index contributed by atoms with van der Waals surface area (Å²) in [6.45, 7) is 4.16. The van der Waals surface area contributed by atoms with Crippen molar-refractivity contribution in [2.45, 2.75) is 26.7 Å². The first-order valence-corrected chi connectivity index (χ1v) is 8.60. The quantitative estimate of drug-likeness (QED) is 0.711. The molecule has 0 radical (unpaired) electrons. The lowest BCUT2D eigenvalue weighted by molar-refractivity contribution is 0.609. The van der Waals surface area contributed by atoms with Crippen LogP contribution >= 0.6 is 0 Å². The van der Waals surface area contributed by atoms with E-state index in [1.54, 1.807) is 18.5 Å². The molecular weight excluding hydrogens is 310 g/mol. The van der Waals surface area contributed by atoms with Crippen LogP contribution in [0.1, 0.15) is 29.2 Å². The van der Waals surface area contributed by atoms with Crippen LogP contribution in [0, 0.1) is 12.7 Å². The molecule has 0 aliphatic rings. The van der Waals surface area contributed by atoms with Crippen LogP contribution in [-0.4, -0.2) is 17.8 Å². The Morgan fingerprint density at radius 3 is 2.80 bits per heavy atom. The number of aryl methyl sites for hydroxylation is 1. The lowest BCUT2D eigenvalue weighted by atomic mass is 9.86. The molecule has 0 saturated carbocycles. The predicted octanol–water partition coefficient (Wildman–Crippen LogP) is 3.60. The van der Waals surface area contributed by atoms with E-state index in [0.29, 0.717) is 17.8 Å². The summed E-state index contributed by atoms with van der Waals surface area (Å²) in [4.78, 5) is 7.36. The number of H-pyrrole nitrogens is 1. The van der Waals surface area contributed by atoms with Crippen molar-refractivity contribution in [3.63, 3.8) is 0 Å². The minimum atomic E-state index is -0.173. The largest absolute Gasteiger partial charge is 0.345 e. The highest BCUT2D eigenvalue weighted by Crippen LogP contribution is 2.25. The smallest absolute Gasteiger partial charge is 0.139 e. The summed E-state index contributed by atoms with van der Waals surface area (Å²) >= 11 is 0. The van der Waals surface area contributed by atoms with Gasteiger partial charge in [-0.2, -0.15) is 0 Å². The molecule has 0 atom stereocenters. The Morgan fingerprint density at radius 1 is 1.24 bits per heavy atom. The molecule has 1 aromatic heterocycles. The molecule has 0 saturated heterocycles. The molecule has 3 aromatic rings. The van der Waals surface area contributed by atoms with Crippen LogP contribution in [0.25, 0.3) is 17.5 Å². The van der Waals surface area contributed by atoms with Gasteiger partial charge in [0.2, 0.25) is 0 Å². The molecule has 0 aliphatic carbocycles. The van der Waals surface area contributed by atoms with E-state index in [1.165, 1.54) is 28.2 Å². The number of halogens is 1. The third-order valence-corrected chi connectivity index (χ3v) is 4.56. The minimum Gasteiger partial charge on any atom is -0.345 e. The van der Waals surface area contributed by atoms with E-state index >= 15 is 0 Å². The Morgan fingerprint density at radius 2 is 2.08 bits per heavy atom. The van der Waals surface area contributed by atoms with Crippen molar-refractivity contribution < 1.29 is 4.39 Å². The molecule has 25 heavy (non-hydrogen) atoms. The highest BCUT2D eigenvalue weighted by molar-refractivity contribution is 6.32. The number of aromatic nitrogens is 2. The molecule has 1 heterocycles. The van der Waals surface area contributed by atoms with Crippen molar-refractivity contribution in [3.05, 3.63) is 76.9 Å². The number of benzene rings is 2. The molecule has 4 heteroatoms. The Labute approximate surface area is 149 Å². The monoisotopic (exact) mass is 332 g/mol. The molecule has 2 aromatic carbocycles. The van der Waals surface area contributed by atoms with Crippen LogP contribution < -0.4 is 5.46 Å². The van der Waals surface area contributed by atoms with Crippen molar-refractivity contribution in [2.24, 2.45) is 0 Å². The lowest BCUT2D eigenvalue weighted by Crippen LogP contribution is -2.09. The summed E-state index contributed by atoms with van der Waals surface area (Å²) in [5, 5.41) is 0. The van der Waals surface area contributed by atoms with Gasteiger partial charge >= 0.3 is 0 Å². The van der Waals surface area contributed by atoms with E-state index in [1.807, 2.05) is 13.0 Å². The summed E-state index contributed by atoms with van der Waals surface area (Å²) in [6, 6.07) is 9.58. The van der Waals surface area contributed by atoms with E-state index in [0.717, 1.165) is 12.0 Å². The zero-order valence-corrected chi connectivity index (χ0v) is 14.9. The highest BCUT2D eigenvalue weighted by Gasteiger charge is 2.13. The Kier molecular flexibility index (Phi) is 5.18. The van der Waals surface area contributed by atoms with Gasteiger partial charge in [0.05, 0.1) is 0 Å². The average Bonchev–Trinajstić information content (AvgIpc) is 3.12. The van der Waals surface area contributed by atoms with E-state index in [-0.39, 0.29) is 5.82 Å². The second-order valence-electron chi connectivity index (χ2n) is 6.34. The number of aromatic amines is 1. The zero-order valence-electron chi connectivity index (χ0n) is 14.9. The van der Waals surface area contributed by atoms with Crippen LogP contribution in [0.4, 0.5) is 4.39 Å². The van der Waals surface area contributed by atoms with E-state index in [2.05, 4.69) is 49.0 Å². The second-order valence-corrected chi connectivity index (χ2v) is 6.34. The zero-order chi connectivity index (χ0) is 17.8. The van der Waals surface area contributed by atoms with Gasteiger partial charge in [-0.25, -0.2) is 9.37 Å². The second kappa shape index (κ2) is 7.52. The Balaban J connectivity index is 1.93. The predicted molar refractivity (Wildman–Crippen MR) is 105 cm³/mol. The van der Waals surface area contributed by atoms with Gasteiger partial charge in [0.1, 0.15) is 19.5 Å². The van der Waals surface area contributed by atoms with Crippen molar-refractivity contribution in [2.75, 3.05) is 0 Å². The number of imidazole rings is 1. The van der Waals surface area contributed by atoms with Gasteiger partial charge in [0, 0.05) is 18.0 Å². The van der Waals surface area contributed by atoms with Crippen molar-refractivity contribution in [1.29, 1.82) is 0 Å². The maximum atomic E-state index is 14.5. The molecule has 0 spiro atoms. The Hall–Kier alpha value is -2.62. The van der Waals surface area contributed by atoms with E-state index < -0.39 is 0 Å². The van der Waals surface area contributed by atoms with Gasteiger partial charge in [0.25, 0.3) is 0 Å². The fraction of sp³-hybridized carbons (Fsp3) is 0.190. The van der Waals surface area contributed by atoms with Gasteiger partial charge in [0.15, 0.2) is 0 Å². The molecule has 0 unspecified atom stereocenters. The van der Waals surface area contributed by atoms with Crippen molar-refractivity contribution in [1.82, 2.24) is 9.97 Å². The SMILES string of the molecule is Bc1cc(/C=C\C)c(C)c(CCc2c(F)cccc2-c2ncc[nH]2)c1. The van der Waals surface area contributed by atoms with Gasteiger partial charge in [-0.05, 0) is 55.0 Å². The molecule has 126 valence electrons. The number of nitrogens with one attached hydrogen (secondary N) is 1. The van der Waals surface area contributed by atoms with Crippen LogP contribution in [0.5, 0.6) is 0 Å². The van der Waals surface area contributed by atoms with E-state index in [9.17, 15) is 4.39 Å². The molecule has 2 nitrogen and oxygen atoms in total. The highest BCUT2D eigenvalue weighted by atomic mass is 19.1. The topological polar surface area (TPSA) is 28.7 Å². The molecule has 0 aliphatic heterocycles. The maximum absolute atomic E-state index is 14.5. The number of rotatable bonds is 5. The molecule has 1 N–H and O–H groups in total. The van der Waals surface area contributed by atoms with E-state index in [4.69, 9.17) is 0 Å². The van der Waals surface area contributed by atoms with Gasteiger partial charge in [-0.15, -0.1) is 0 Å². The summed E-state index contributed by atoms with van der Waals surface area (Å²) in [5.41, 5.74) is 6.54. The fourth-order valence-corrected chi connectivity index (χ4v) is 3.28. The van der Waals surface area contributed by atoms with Gasteiger partial charge in [-0.1, -0.05) is 41.9 Å². The number of hydrogen-bond acceptors (Lipinski definition) is 1. The lowest BCUT2D eigenvalue weighted by Gasteiger charge is -2.13. The first-order chi connectivity index (χ1) is 12.1. The molecular formula is C21H22BFN2. The average molecular weight is 332 g/mol. The van der Waals surface area contributed by atoms with Crippen LogP contribution in [0.2, 0.25) is 0 Å². The van der Waals surface area contributed by atoms with Gasteiger partial charge in [-0.3, -0.25) is 0 Å². The summed E-state index contributed by atoms with van der Waals surface area (Å²) < 4.78 is 14.5. The maximum Gasteiger partial charge on any atom is 0.139 e. The van der Waals surface area contributed by atoms with Crippen LogP contribution in [0.3, 0.4) is 0 Å². The van der Waals surface area contributed by atoms with Crippen LogP contribution in [-0.2, 0) is 12.8 Å². The first-order valence-electron chi connectivity index (χ1n) is 8.60. The molecule has 3 rings (SSSR count). The number of hydrogen-bond donors (Lipinski definition) is 1. The number of nitrogens with zero attached hydrogens (tertiary/aromatic N) is 1. The normalized spacial score (nSPS) is 11.3. The molecule has 0 amide bonds. The summed E-state index contributed by atoms with van der Waals surface area (Å²) in [6.07, 6.45) is 9.08. The minimum absolute atomic E-state index is 0.173.